The largest absolute Gasteiger partial charge is 0.480 e. The Labute approximate surface area is 109 Å². The topological polar surface area (TPSA) is 70.0 Å². The molecule has 2 atom stereocenters. The molecule has 0 amide bonds. The average Bonchev–Trinajstić information content (AvgIpc) is 2.35. The standard InChI is InChI=1S/C13H25NO4/c1-2-3-8-18-10-11(15)9-14-7-5-4-6-12(14)13(16)17/h11-12,15H,2-10H2,1H3,(H,16,17). The highest BCUT2D eigenvalue weighted by molar-refractivity contribution is 5.73. The van der Waals surface area contributed by atoms with E-state index in [9.17, 15) is 9.90 Å². The first-order valence-electron chi connectivity index (χ1n) is 6.87. The number of ether oxygens (including phenoxy) is 1. The van der Waals surface area contributed by atoms with E-state index in [1.165, 1.54) is 0 Å². The van der Waals surface area contributed by atoms with Gasteiger partial charge >= 0.3 is 5.97 Å². The van der Waals surface area contributed by atoms with Gasteiger partial charge in [0.25, 0.3) is 0 Å². The van der Waals surface area contributed by atoms with Gasteiger partial charge in [-0.05, 0) is 25.8 Å². The lowest BCUT2D eigenvalue weighted by molar-refractivity contribution is -0.145. The Morgan fingerprint density at radius 2 is 2.28 bits per heavy atom. The molecule has 0 spiro atoms. The molecule has 1 saturated heterocycles. The van der Waals surface area contributed by atoms with E-state index in [1.807, 2.05) is 4.90 Å². The average molecular weight is 259 g/mol. The van der Waals surface area contributed by atoms with Crippen molar-refractivity contribution in [2.45, 2.75) is 51.2 Å². The molecule has 0 saturated carbocycles. The van der Waals surface area contributed by atoms with Crippen LogP contribution in [0.1, 0.15) is 39.0 Å². The molecule has 1 aliphatic rings. The van der Waals surface area contributed by atoms with Crippen LogP contribution in [0.25, 0.3) is 0 Å². The predicted molar refractivity (Wildman–Crippen MR) is 68.6 cm³/mol. The first-order chi connectivity index (χ1) is 8.65. The lowest BCUT2D eigenvalue weighted by Gasteiger charge is -2.34. The zero-order valence-electron chi connectivity index (χ0n) is 11.2. The van der Waals surface area contributed by atoms with Gasteiger partial charge in [0.15, 0.2) is 0 Å². The number of β-amino-alcohol motifs (C(OH)–C–C–N with tert-alkyl or cyclic N) is 1. The van der Waals surface area contributed by atoms with Gasteiger partial charge in [-0.15, -0.1) is 0 Å². The molecular formula is C13H25NO4. The predicted octanol–water partition coefficient (Wildman–Crippen LogP) is 1.10. The van der Waals surface area contributed by atoms with Crippen LogP contribution >= 0.6 is 0 Å². The fourth-order valence-corrected chi connectivity index (χ4v) is 2.28. The molecule has 106 valence electrons. The minimum atomic E-state index is -0.784. The number of hydrogen-bond donors (Lipinski definition) is 2. The third-order valence-electron chi connectivity index (χ3n) is 3.30. The first kappa shape index (κ1) is 15.4. The summed E-state index contributed by atoms with van der Waals surface area (Å²) in [5.74, 6) is -0.784. The highest BCUT2D eigenvalue weighted by atomic mass is 16.5. The van der Waals surface area contributed by atoms with Gasteiger partial charge in [0, 0.05) is 13.2 Å². The van der Waals surface area contributed by atoms with E-state index >= 15 is 0 Å². The van der Waals surface area contributed by atoms with Crippen molar-refractivity contribution < 1.29 is 19.7 Å². The third-order valence-corrected chi connectivity index (χ3v) is 3.30. The molecular weight excluding hydrogens is 234 g/mol. The molecule has 0 aromatic heterocycles. The third kappa shape index (κ3) is 5.33. The van der Waals surface area contributed by atoms with Crippen LogP contribution < -0.4 is 0 Å². The molecule has 2 unspecified atom stereocenters. The van der Waals surface area contributed by atoms with E-state index in [2.05, 4.69) is 6.92 Å². The quantitative estimate of drug-likeness (QED) is 0.639. The number of carboxylic acids is 1. The van der Waals surface area contributed by atoms with Gasteiger partial charge in [0.2, 0.25) is 0 Å². The van der Waals surface area contributed by atoms with Crippen molar-refractivity contribution in [1.29, 1.82) is 0 Å². The summed E-state index contributed by atoms with van der Waals surface area (Å²) in [6.07, 6.45) is 4.11. The molecule has 0 radical (unpaired) electrons. The first-order valence-corrected chi connectivity index (χ1v) is 6.87. The van der Waals surface area contributed by atoms with Gasteiger partial charge in [-0.1, -0.05) is 19.8 Å². The van der Waals surface area contributed by atoms with Crippen molar-refractivity contribution in [3.8, 4) is 0 Å². The van der Waals surface area contributed by atoms with Crippen LogP contribution in [0.3, 0.4) is 0 Å². The van der Waals surface area contributed by atoms with E-state index in [4.69, 9.17) is 9.84 Å². The van der Waals surface area contributed by atoms with E-state index in [0.717, 1.165) is 32.2 Å². The number of aliphatic hydroxyl groups is 1. The molecule has 18 heavy (non-hydrogen) atoms. The Morgan fingerprint density at radius 1 is 1.50 bits per heavy atom. The molecule has 2 N–H and O–H groups in total. The smallest absolute Gasteiger partial charge is 0.320 e. The van der Waals surface area contributed by atoms with E-state index < -0.39 is 18.1 Å². The van der Waals surface area contributed by atoms with Gasteiger partial charge < -0.3 is 14.9 Å². The minimum Gasteiger partial charge on any atom is -0.480 e. The number of carbonyl (C=O) groups is 1. The molecule has 1 fully saturated rings. The zero-order chi connectivity index (χ0) is 13.4. The molecule has 1 aliphatic heterocycles. The highest BCUT2D eigenvalue weighted by Crippen LogP contribution is 2.17. The van der Waals surface area contributed by atoms with Crippen LogP contribution in [0.15, 0.2) is 0 Å². The second kappa shape index (κ2) is 8.45. The molecule has 5 nitrogen and oxygen atoms in total. The number of rotatable bonds is 8. The van der Waals surface area contributed by atoms with Gasteiger partial charge in [-0.2, -0.15) is 0 Å². The lowest BCUT2D eigenvalue weighted by atomic mass is 10.0. The molecule has 0 bridgehead atoms. The Kier molecular flexibility index (Phi) is 7.23. The molecule has 0 aromatic carbocycles. The highest BCUT2D eigenvalue weighted by Gasteiger charge is 2.29. The van der Waals surface area contributed by atoms with Crippen molar-refractivity contribution >= 4 is 5.97 Å². The minimum absolute atomic E-state index is 0.294. The number of hydrogen-bond acceptors (Lipinski definition) is 4. The van der Waals surface area contributed by atoms with Gasteiger partial charge in [0.05, 0.1) is 12.7 Å². The Morgan fingerprint density at radius 3 is 2.94 bits per heavy atom. The number of aliphatic hydroxyl groups excluding tert-OH is 1. The maximum absolute atomic E-state index is 11.1. The van der Waals surface area contributed by atoms with Crippen LogP contribution in [-0.2, 0) is 9.53 Å². The normalized spacial score (nSPS) is 22.9. The van der Waals surface area contributed by atoms with Gasteiger partial charge in [-0.25, -0.2) is 0 Å². The summed E-state index contributed by atoms with van der Waals surface area (Å²) < 4.78 is 5.35. The zero-order valence-corrected chi connectivity index (χ0v) is 11.2. The van der Waals surface area contributed by atoms with Gasteiger partial charge in [-0.3, -0.25) is 9.69 Å². The SMILES string of the molecule is CCCCOCC(O)CN1CCCCC1C(=O)O. The van der Waals surface area contributed by atoms with Crippen LogP contribution in [-0.4, -0.2) is 59.5 Å². The number of piperidine rings is 1. The summed E-state index contributed by atoms with van der Waals surface area (Å²) in [5.41, 5.74) is 0. The van der Waals surface area contributed by atoms with Crippen LogP contribution in [0.2, 0.25) is 0 Å². The fraction of sp³-hybridized carbons (Fsp3) is 0.923. The van der Waals surface area contributed by atoms with E-state index in [0.29, 0.717) is 26.2 Å². The van der Waals surface area contributed by atoms with Gasteiger partial charge in [0.1, 0.15) is 6.04 Å². The van der Waals surface area contributed by atoms with Crippen LogP contribution in [0.4, 0.5) is 0 Å². The number of aliphatic carboxylic acids is 1. The Hall–Kier alpha value is -0.650. The van der Waals surface area contributed by atoms with Crippen LogP contribution in [0.5, 0.6) is 0 Å². The number of unbranched alkanes of at least 4 members (excludes halogenated alkanes) is 1. The molecule has 0 aliphatic carbocycles. The Bertz CT molecular complexity index is 247. The summed E-state index contributed by atoms with van der Waals surface area (Å²) in [5, 5.41) is 19.0. The number of carboxylic acid groups (broad SMARTS) is 1. The molecule has 5 heteroatoms. The maximum atomic E-state index is 11.1. The monoisotopic (exact) mass is 259 g/mol. The van der Waals surface area contributed by atoms with E-state index in [-0.39, 0.29) is 0 Å². The van der Waals surface area contributed by atoms with Crippen LogP contribution in [0, 0.1) is 0 Å². The molecule has 1 heterocycles. The summed E-state index contributed by atoms with van der Waals surface area (Å²) in [4.78, 5) is 13.0. The second-order valence-electron chi connectivity index (χ2n) is 4.93. The molecule has 1 rings (SSSR count). The summed E-state index contributed by atoms with van der Waals surface area (Å²) in [7, 11) is 0. The van der Waals surface area contributed by atoms with Crippen molar-refractivity contribution in [3.63, 3.8) is 0 Å². The summed E-state index contributed by atoms with van der Waals surface area (Å²) in [6.45, 7) is 4.19. The number of nitrogens with zero attached hydrogens (tertiary/aromatic N) is 1. The van der Waals surface area contributed by atoms with Crippen molar-refractivity contribution in [2.75, 3.05) is 26.3 Å². The van der Waals surface area contributed by atoms with E-state index in [1.54, 1.807) is 0 Å². The Balaban J connectivity index is 2.27. The summed E-state index contributed by atoms with van der Waals surface area (Å²) in [6, 6.07) is -0.441. The number of likely N-dealkylation sites (tertiary alicyclic amines) is 1. The summed E-state index contributed by atoms with van der Waals surface area (Å²) >= 11 is 0. The maximum Gasteiger partial charge on any atom is 0.320 e. The van der Waals surface area contributed by atoms with Crippen molar-refractivity contribution in [1.82, 2.24) is 4.90 Å². The lowest BCUT2D eigenvalue weighted by Crippen LogP contribution is -2.48. The molecule has 0 aromatic rings. The van der Waals surface area contributed by atoms with Crippen molar-refractivity contribution in [3.05, 3.63) is 0 Å². The second-order valence-corrected chi connectivity index (χ2v) is 4.93. The fourth-order valence-electron chi connectivity index (χ4n) is 2.28. The van der Waals surface area contributed by atoms with Crippen molar-refractivity contribution in [2.24, 2.45) is 0 Å².